The molecule has 0 saturated carbocycles. The normalized spacial score (nSPS) is 24.5. The monoisotopic (exact) mass is 274 g/mol. The zero-order valence-corrected chi connectivity index (χ0v) is 15.3. The molecule has 2 unspecified atom stereocenters. The van der Waals surface area contributed by atoms with Crippen LogP contribution in [0.15, 0.2) is 0 Å². The third-order valence-corrected chi connectivity index (χ3v) is 2.93. The molecule has 19 heavy (non-hydrogen) atoms. The van der Waals surface area contributed by atoms with Gasteiger partial charge in [0.05, 0.1) is 0 Å². The molecule has 2 heteroatoms. The highest BCUT2D eigenvalue weighted by Gasteiger charge is 2.13. The standard InChI is InChI=1S/C6H13N.C5H11N.3C2H6/c1-6-3-4-7(2)5-6;1-5-3-2-4-6-5;3*1-2/h6H,3-5H2,1-2H3;5-6H,2-4H2,1H3;3*1-2H3. The molecule has 2 rings (SSSR count). The van der Waals surface area contributed by atoms with E-state index in [1.807, 2.05) is 41.5 Å². The summed E-state index contributed by atoms with van der Waals surface area (Å²) in [6, 6.07) is 0.796. The summed E-state index contributed by atoms with van der Waals surface area (Å²) in [4.78, 5) is 2.38. The van der Waals surface area contributed by atoms with Gasteiger partial charge in [-0.25, -0.2) is 0 Å². The molecule has 0 aromatic carbocycles. The zero-order valence-electron chi connectivity index (χ0n) is 15.3. The van der Waals surface area contributed by atoms with Crippen molar-refractivity contribution in [2.75, 3.05) is 26.7 Å². The maximum Gasteiger partial charge on any atom is 0.00391 e. The second-order valence-electron chi connectivity index (χ2n) is 4.65. The Kier molecular flexibility index (Phi) is 25.5. The van der Waals surface area contributed by atoms with E-state index in [9.17, 15) is 0 Å². The van der Waals surface area contributed by atoms with E-state index < -0.39 is 0 Å². The van der Waals surface area contributed by atoms with Gasteiger partial charge >= 0.3 is 0 Å². The van der Waals surface area contributed by atoms with Crippen molar-refractivity contribution in [3.05, 3.63) is 0 Å². The van der Waals surface area contributed by atoms with Crippen LogP contribution in [0.4, 0.5) is 0 Å². The van der Waals surface area contributed by atoms with Crippen LogP contribution >= 0.6 is 0 Å². The van der Waals surface area contributed by atoms with Gasteiger partial charge in [-0.2, -0.15) is 0 Å². The van der Waals surface area contributed by atoms with Crippen LogP contribution in [0.1, 0.15) is 74.7 Å². The lowest BCUT2D eigenvalue weighted by Crippen LogP contribution is -2.16. The lowest BCUT2D eigenvalue weighted by atomic mass is 10.2. The van der Waals surface area contributed by atoms with E-state index in [1.54, 1.807) is 0 Å². The highest BCUT2D eigenvalue weighted by Crippen LogP contribution is 2.11. The highest BCUT2D eigenvalue weighted by atomic mass is 15.1. The van der Waals surface area contributed by atoms with E-state index in [1.165, 1.54) is 38.9 Å². The van der Waals surface area contributed by atoms with Crippen LogP contribution in [-0.4, -0.2) is 37.6 Å². The first-order valence-corrected chi connectivity index (χ1v) is 8.60. The molecule has 2 nitrogen and oxygen atoms in total. The first-order chi connectivity index (χ1) is 9.18. The van der Waals surface area contributed by atoms with Crippen molar-refractivity contribution in [1.29, 1.82) is 0 Å². The SMILES string of the molecule is CC.CC.CC.CC1CCCN1.CC1CCN(C)C1. The average Bonchev–Trinajstić information content (AvgIpc) is 3.09. The maximum absolute atomic E-state index is 3.32. The summed E-state index contributed by atoms with van der Waals surface area (Å²) < 4.78 is 0. The molecule has 0 aliphatic carbocycles. The molecule has 2 aliphatic heterocycles. The Labute approximate surface area is 124 Å². The molecule has 2 aliphatic rings. The van der Waals surface area contributed by atoms with E-state index >= 15 is 0 Å². The Hall–Kier alpha value is -0.0800. The molecular weight excluding hydrogens is 232 g/mol. The Balaban J connectivity index is -0.000000195. The molecule has 0 aromatic rings. The fourth-order valence-electron chi connectivity index (χ4n) is 2.01. The van der Waals surface area contributed by atoms with Crippen molar-refractivity contribution in [2.45, 2.75) is 80.7 Å². The minimum atomic E-state index is 0.796. The van der Waals surface area contributed by atoms with E-state index in [-0.39, 0.29) is 0 Å². The Bertz CT molecular complexity index is 123. The first-order valence-electron chi connectivity index (χ1n) is 8.60. The topological polar surface area (TPSA) is 15.3 Å². The summed E-state index contributed by atoms with van der Waals surface area (Å²) in [5.41, 5.74) is 0. The van der Waals surface area contributed by atoms with Crippen molar-refractivity contribution in [3.8, 4) is 0 Å². The summed E-state index contributed by atoms with van der Waals surface area (Å²) >= 11 is 0. The van der Waals surface area contributed by atoms with Crippen molar-refractivity contribution in [1.82, 2.24) is 10.2 Å². The molecule has 0 spiro atoms. The van der Waals surface area contributed by atoms with Crippen LogP contribution in [-0.2, 0) is 0 Å². The first kappa shape index (κ1) is 24.0. The van der Waals surface area contributed by atoms with Gasteiger partial charge in [0.15, 0.2) is 0 Å². The Morgan fingerprint density at radius 2 is 1.42 bits per heavy atom. The number of likely N-dealkylation sites (tertiary alicyclic amines) is 1. The molecule has 2 atom stereocenters. The molecule has 120 valence electrons. The van der Waals surface area contributed by atoms with E-state index in [0.717, 1.165) is 12.0 Å². The maximum atomic E-state index is 3.32. The number of hydrogen-bond donors (Lipinski definition) is 1. The minimum absolute atomic E-state index is 0.796. The van der Waals surface area contributed by atoms with E-state index in [2.05, 4.69) is 31.1 Å². The third kappa shape index (κ3) is 17.9. The second-order valence-corrected chi connectivity index (χ2v) is 4.65. The van der Waals surface area contributed by atoms with Crippen LogP contribution in [0.25, 0.3) is 0 Å². The van der Waals surface area contributed by atoms with Gasteiger partial charge in [0.25, 0.3) is 0 Å². The molecule has 0 radical (unpaired) electrons. The largest absolute Gasteiger partial charge is 0.314 e. The molecule has 2 fully saturated rings. The van der Waals surface area contributed by atoms with Crippen LogP contribution in [0.2, 0.25) is 0 Å². The van der Waals surface area contributed by atoms with Crippen LogP contribution in [0, 0.1) is 5.92 Å². The zero-order chi connectivity index (χ0) is 15.7. The van der Waals surface area contributed by atoms with E-state index in [4.69, 9.17) is 0 Å². The lowest BCUT2D eigenvalue weighted by molar-refractivity contribution is 0.402. The smallest absolute Gasteiger partial charge is 0.00391 e. The molecule has 2 heterocycles. The predicted octanol–water partition coefficient (Wildman–Crippen LogP) is 4.79. The van der Waals surface area contributed by atoms with Crippen molar-refractivity contribution in [3.63, 3.8) is 0 Å². The highest BCUT2D eigenvalue weighted by molar-refractivity contribution is 4.68. The number of nitrogens with zero attached hydrogens (tertiary/aromatic N) is 1. The average molecular weight is 275 g/mol. The van der Waals surface area contributed by atoms with Crippen LogP contribution in [0.3, 0.4) is 0 Å². The van der Waals surface area contributed by atoms with Crippen molar-refractivity contribution >= 4 is 0 Å². The number of hydrogen-bond acceptors (Lipinski definition) is 2. The molecule has 2 saturated heterocycles. The molecular formula is C17H42N2. The fraction of sp³-hybridized carbons (Fsp3) is 1.00. The van der Waals surface area contributed by atoms with Gasteiger partial charge < -0.3 is 10.2 Å². The summed E-state index contributed by atoms with van der Waals surface area (Å²) in [5.74, 6) is 0.949. The summed E-state index contributed by atoms with van der Waals surface area (Å²) in [7, 11) is 2.18. The Morgan fingerprint density at radius 1 is 0.895 bits per heavy atom. The van der Waals surface area contributed by atoms with E-state index in [0.29, 0.717) is 0 Å². The Morgan fingerprint density at radius 3 is 1.53 bits per heavy atom. The van der Waals surface area contributed by atoms with Gasteiger partial charge in [-0.15, -0.1) is 0 Å². The van der Waals surface area contributed by atoms with Gasteiger partial charge in [0, 0.05) is 12.6 Å². The van der Waals surface area contributed by atoms with Gasteiger partial charge in [-0.3, -0.25) is 0 Å². The quantitative estimate of drug-likeness (QED) is 0.683. The van der Waals surface area contributed by atoms with Crippen LogP contribution < -0.4 is 5.32 Å². The van der Waals surface area contributed by atoms with Gasteiger partial charge in [0.1, 0.15) is 0 Å². The van der Waals surface area contributed by atoms with Gasteiger partial charge in [-0.1, -0.05) is 48.5 Å². The van der Waals surface area contributed by atoms with Crippen molar-refractivity contribution < 1.29 is 0 Å². The number of nitrogens with one attached hydrogen (secondary N) is 1. The molecule has 0 bridgehead atoms. The second kappa shape index (κ2) is 20.2. The minimum Gasteiger partial charge on any atom is -0.314 e. The van der Waals surface area contributed by atoms with Gasteiger partial charge in [-0.05, 0) is 52.2 Å². The summed E-state index contributed by atoms with van der Waals surface area (Å²) in [6.07, 6.45) is 4.15. The van der Waals surface area contributed by atoms with Crippen molar-refractivity contribution in [2.24, 2.45) is 5.92 Å². The molecule has 1 N–H and O–H groups in total. The fourth-order valence-corrected chi connectivity index (χ4v) is 2.01. The number of rotatable bonds is 0. The summed E-state index contributed by atoms with van der Waals surface area (Å²) in [6.45, 7) is 20.4. The predicted molar refractivity (Wildman–Crippen MR) is 92.0 cm³/mol. The third-order valence-electron chi connectivity index (χ3n) is 2.93. The summed E-state index contributed by atoms with van der Waals surface area (Å²) in [5, 5.41) is 3.32. The molecule has 0 amide bonds. The van der Waals surface area contributed by atoms with Gasteiger partial charge in [0.2, 0.25) is 0 Å². The lowest BCUT2D eigenvalue weighted by Gasteiger charge is -2.03. The van der Waals surface area contributed by atoms with Crippen LogP contribution in [0.5, 0.6) is 0 Å². The molecule has 0 aromatic heterocycles.